The quantitative estimate of drug-likeness (QED) is 0.328. The molecule has 206 valence electrons. The number of fused-ring (bicyclic) bond motifs is 1. The summed E-state index contributed by atoms with van der Waals surface area (Å²) in [6.45, 7) is 4.95. The van der Waals surface area contributed by atoms with Crippen LogP contribution in [-0.4, -0.2) is 92.7 Å². The van der Waals surface area contributed by atoms with Crippen LogP contribution in [0.25, 0.3) is 5.65 Å². The van der Waals surface area contributed by atoms with Gasteiger partial charge in [-0.3, -0.25) is 9.48 Å². The van der Waals surface area contributed by atoms with Gasteiger partial charge in [-0.2, -0.15) is 15.3 Å². The molecule has 0 unspecified atom stereocenters. The third kappa shape index (κ3) is 5.10. The number of nitrogens with one attached hydrogen (secondary N) is 1. The molecule has 0 spiro atoms. The van der Waals surface area contributed by atoms with E-state index in [1.807, 2.05) is 23.2 Å². The second-order valence-electron chi connectivity index (χ2n) is 10.5. The summed E-state index contributed by atoms with van der Waals surface area (Å²) >= 11 is 1.72. The Hall–Kier alpha value is -4.08. The lowest BCUT2D eigenvalue weighted by Gasteiger charge is -2.50. The van der Waals surface area contributed by atoms with E-state index in [2.05, 4.69) is 69.0 Å². The van der Waals surface area contributed by atoms with Crippen LogP contribution in [0.4, 0.5) is 17.3 Å². The van der Waals surface area contributed by atoms with E-state index in [1.54, 1.807) is 33.4 Å². The van der Waals surface area contributed by atoms with Crippen LogP contribution < -0.4 is 10.2 Å². The maximum absolute atomic E-state index is 12.7. The minimum atomic E-state index is -0.199. The fourth-order valence-electron chi connectivity index (χ4n) is 5.48. The van der Waals surface area contributed by atoms with Crippen LogP contribution in [0.3, 0.4) is 0 Å². The molecule has 12 heteroatoms. The molecule has 2 aliphatic heterocycles. The molecule has 0 aliphatic carbocycles. The molecule has 2 saturated heterocycles. The third-order valence-corrected chi connectivity index (χ3v) is 8.58. The van der Waals surface area contributed by atoms with Gasteiger partial charge in [0.05, 0.1) is 23.6 Å². The third-order valence-electron chi connectivity index (χ3n) is 7.83. The molecular weight excluding hydrogens is 524 g/mol. The van der Waals surface area contributed by atoms with E-state index >= 15 is 0 Å². The average molecular weight is 557 g/mol. The fraction of sp³-hybridized carbons (Fsp3) is 0.393. The fourth-order valence-corrected chi connectivity index (χ4v) is 5.89. The minimum absolute atomic E-state index is 0.0699. The molecule has 1 amide bonds. The summed E-state index contributed by atoms with van der Waals surface area (Å²) in [5.41, 5.74) is 3.43. The van der Waals surface area contributed by atoms with Crippen molar-refractivity contribution in [3.63, 3.8) is 0 Å². The van der Waals surface area contributed by atoms with Crippen molar-refractivity contribution < 1.29 is 4.79 Å². The summed E-state index contributed by atoms with van der Waals surface area (Å²) in [4.78, 5) is 25.0. The monoisotopic (exact) mass is 556 g/mol. The molecular formula is C28H32N10OS. The van der Waals surface area contributed by atoms with Gasteiger partial charge in [0.1, 0.15) is 6.54 Å². The number of pyridine rings is 1. The molecule has 40 heavy (non-hydrogen) atoms. The molecule has 1 aromatic carbocycles. The number of rotatable bonds is 8. The summed E-state index contributed by atoms with van der Waals surface area (Å²) in [5.74, 6) is 0.523. The van der Waals surface area contributed by atoms with Gasteiger partial charge >= 0.3 is 0 Å². The summed E-state index contributed by atoms with van der Waals surface area (Å²) in [5, 5.41) is 21.8. The van der Waals surface area contributed by atoms with Crippen molar-refractivity contribution in [1.29, 1.82) is 5.26 Å². The average Bonchev–Trinajstić information content (AvgIpc) is 3.57. The van der Waals surface area contributed by atoms with Gasteiger partial charge in [-0.15, -0.1) is 16.9 Å². The largest absolute Gasteiger partial charge is 0.366 e. The van der Waals surface area contributed by atoms with E-state index in [4.69, 9.17) is 4.98 Å². The lowest BCUT2D eigenvalue weighted by Crippen LogP contribution is -2.59. The second-order valence-corrected chi connectivity index (χ2v) is 11.4. The van der Waals surface area contributed by atoms with E-state index in [0.29, 0.717) is 18.1 Å². The van der Waals surface area contributed by atoms with Gasteiger partial charge in [0, 0.05) is 68.4 Å². The number of hydrogen-bond donors (Lipinski definition) is 1. The van der Waals surface area contributed by atoms with Crippen molar-refractivity contribution in [3.8, 4) is 6.07 Å². The van der Waals surface area contributed by atoms with Gasteiger partial charge in [-0.05, 0) is 43.1 Å². The standard InChI is InChI=1S/C28H32N10OS/c1-34-12-14-35(15-13-34)25(39)18-37-17-22(16-30-37)31-27-32-26-24(4-3-11-38(26)33-27)36-19-28(20-36,9-10-29)21-5-7-23(40-2)8-6-21/h3-8,11,16-17H,9,12-15,18-20H2,1-2H3,(H,31,33). The Kier molecular flexibility index (Phi) is 7.08. The van der Waals surface area contributed by atoms with Crippen molar-refractivity contribution in [1.82, 2.24) is 34.2 Å². The number of benzene rings is 1. The maximum Gasteiger partial charge on any atom is 0.247 e. The zero-order valence-corrected chi connectivity index (χ0v) is 23.5. The van der Waals surface area contributed by atoms with Crippen LogP contribution in [0.1, 0.15) is 12.0 Å². The molecule has 2 fully saturated rings. The zero-order chi connectivity index (χ0) is 27.7. The number of piperazine rings is 1. The predicted octanol–water partition coefficient (Wildman–Crippen LogP) is 2.84. The second kappa shape index (κ2) is 10.8. The van der Waals surface area contributed by atoms with Crippen molar-refractivity contribution in [2.45, 2.75) is 23.3 Å². The highest BCUT2D eigenvalue weighted by Gasteiger charge is 2.45. The van der Waals surface area contributed by atoms with Gasteiger partial charge < -0.3 is 20.0 Å². The topological polar surface area (TPSA) is 111 Å². The molecule has 1 N–H and O–H groups in total. The molecule has 0 radical (unpaired) electrons. The summed E-state index contributed by atoms with van der Waals surface area (Å²) in [6, 6.07) is 15.0. The van der Waals surface area contributed by atoms with E-state index in [9.17, 15) is 10.1 Å². The molecule has 11 nitrogen and oxygen atoms in total. The molecule has 6 rings (SSSR count). The number of hydrogen-bond acceptors (Lipinski definition) is 9. The summed E-state index contributed by atoms with van der Waals surface area (Å²) < 4.78 is 3.40. The number of amides is 1. The number of nitriles is 1. The van der Waals surface area contributed by atoms with Gasteiger partial charge in [0.2, 0.25) is 11.9 Å². The Bertz CT molecular complexity index is 1540. The molecule has 5 heterocycles. The number of aromatic nitrogens is 5. The minimum Gasteiger partial charge on any atom is -0.366 e. The van der Waals surface area contributed by atoms with Crippen molar-refractivity contribution in [2.24, 2.45) is 0 Å². The predicted molar refractivity (Wildman–Crippen MR) is 155 cm³/mol. The van der Waals surface area contributed by atoms with Gasteiger partial charge in [-0.1, -0.05) is 12.1 Å². The number of likely N-dealkylation sites (N-methyl/N-ethyl adjacent to an activating group) is 1. The van der Waals surface area contributed by atoms with Crippen LogP contribution >= 0.6 is 11.8 Å². The van der Waals surface area contributed by atoms with Crippen molar-refractivity contribution in [2.75, 3.05) is 62.8 Å². The highest BCUT2D eigenvalue weighted by Crippen LogP contribution is 2.41. The van der Waals surface area contributed by atoms with E-state index in [0.717, 1.165) is 50.6 Å². The normalized spacial score (nSPS) is 17.0. The van der Waals surface area contributed by atoms with Crippen LogP contribution in [0.2, 0.25) is 0 Å². The van der Waals surface area contributed by atoms with Gasteiger partial charge in [0.25, 0.3) is 0 Å². The Labute approximate surface area is 237 Å². The van der Waals surface area contributed by atoms with Gasteiger partial charge in [0.15, 0.2) is 5.65 Å². The SMILES string of the molecule is CSc1ccc(C2(CC#N)CN(c3cccn4nc(Nc5cnn(CC(=O)N6CCN(C)CC6)c5)nc34)C2)cc1. The van der Waals surface area contributed by atoms with Gasteiger partial charge in [-0.25, -0.2) is 4.52 Å². The smallest absolute Gasteiger partial charge is 0.247 e. The van der Waals surface area contributed by atoms with Crippen LogP contribution in [-0.2, 0) is 16.8 Å². The Morgan fingerprint density at radius 3 is 2.65 bits per heavy atom. The Balaban J connectivity index is 1.14. The molecule has 0 saturated carbocycles. The maximum atomic E-state index is 12.7. The zero-order valence-electron chi connectivity index (χ0n) is 22.7. The molecule has 0 atom stereocenters. The molecule has 4 aromatic rings. The number of carbonyl (C=O) groups is 1. The number of carbonyl (C=O) groups excluding carboxylic acids is 1. The lowest BCUT2D eigenvalue weighted by molar-refractivity contribution is -0.133. The van der Waals surface area contributed by atoms with E-state index in [-0.39, 0.29) is 17.9 Å². The van der Waals surface area contributed by atoms with Crippen molar-refractivity contribution >= 4 is 40.6 Å². The van der Waals surface area contributed by atoms with E-state index in [1.165, 1.54) is 10.5 Å². The first-order valence-corrected chi connectivity index (χ1v) is 14.6. The molecule has 3 aromatic heterocycles. The van der Waals surface area contributed by atoms with Crippen LogP contribution in [0.5, 0.6) is 0 Å². The lowest BCUT2D eigenvalue weighted by atomic mass is 9.71. The highest BCUT2D eigenvalue weighted by atomic mass is 32.2. The first-order chi connectivity index (χ1) is 19.5. The van der Waals surface area contributed by atoms with E-state index < -0.39 is 0 Å². The number of thioether (sulfide) groups is 1. The van der Waals surface area contributed by atoms with Crippen LogP contribution in [0, 0.1) is 11.3 Å². The Morgan fingerprint density at radius 2 is 1.93 bits per heavy atom. The summed E-state index contributed by atoms with van der Waals surface area (Å²) in [6.07, 6.45) is 7.88. The Morgan fingerprint density at radius 1 is 1.15 bits per heavy atom. The highest BCUT2D eigenvalue weighted by molar-refractivity contribution is 7.98. The first kappa shape index (κ1) is 26.2. The number of anilines is 3. The van der Waals surface area contributed by atoms with Crippen LogP contribution in [0.15, 0.2) is 59.9 Å². The summed E-state index contributed by atoms with van der Waals surface area (Å²) in [7, 11) is 2.07. The molecule has 2 aliphatic rings. The number of nitrogens with zero attached hydrogens (tertiary/aromatic N) is 9. The van der Waals surface area contributed by atoms with Crippen molar-refractivity contribution in [3.05, 3.63) is 60.6 Å². The first-order valence-electron chi connectivity index (χ1n) is 13.3. The molecule has 0 bridgehead atoms.